The first kappa shape index (κ1) is 34.4. The van der Waals surface area contributed by atoms with Crippen LogP contribution in [0.5, 0.6) is 0 Å². The van der Waals surface area contributed by atoms with Crippen molar-refractivity contribution in [3.05, 3.63) is 211 Å². The zero-order valence-electron chi connectivity index (χ0n) is 33.3. The second-order valence-corrected chi connectivity index (χ2v) is 16.5. The van der Waals surface area contributed by atoms with Gasteiger partial charge in [-0.3, -0.25) is 0 Å². The third-order valence-corrected chi connectivity index (χ3v) is 12.7. The van der Waals surface area contributed by atoms with Crippen LogP contribution in [0.15, 0.2) is 209 Å². The third-order valence-electron chi connectivity index (χ3n) is 12.7. The molecule has 0 bridgehead atoms. The molecule has 11 aromatic rings. The Morgan fingerprint density at radius 1 is 0.350 bits per heavy atom. The van der Waals surface area contributed by atoms with E-state index in [0.29, 0.717) is 0 Å². The van der Waals surface area contributed by atoms with Gasteiger partial charge in [0.15, 0.2) is 0 Å². The number of furan rings is 2. The van der Waals surface area contributed by atoms with Gasteiger partial charge in [0, 0.05) is 32.9 Å². The standard InChI is InChI=1S/C57H39NO2/c1-57(2)49-20-10-9-19-44(49)45-29-28-43(33-50(45)57)58(42-18-11-17-40(31-42)39-25-23-38(24-26-39)36-13-5-3-6-14-36)51-21-12-22-53-56(51)48-35-54-47(34-55(48)60-53)46-32-41(27-30-52(46)59-54)37-15-7-4-8-16-37/h3-35H,1-2H3. The van der Waals surface area contributed by atoms with Gasteiger partial charge >= 0.3 is 0 Å². The molecule has 2 aromatic heterocycles. The maximum Gasteiger partial charge on any atom is 0.137 e. The molecule has 0 N–H and O–H groups in total. The van der Waals surface area contributed by atoms with Gasteiger partial charge in [0.25, 0.3) is 0 Å². The van der Waals surface area contributed by atoms with Gasteiger partial charge in [-0.2, -0.15) is 0 Å². The molecule has 60 heavy (non-hydrogen) atoms. The van der Waals surface area contributed by atoms with Gasteiger partial charge in [0.05, 0.1) is 11.1 Å². The van der Waals surface area contributed by atoms with E-state index in [2.05, 4.69) is 219 Å². The number of anilines is 3. The lowest BCUT2D eigenvalue weighted by atomic mass is 9.82. The fourth-order valence-corrected chi connectivity index (χ4v) is 9.64. The molecule has 1 aliphatic rings. The maximum absolute atomic E-state index is 6.78. The lowest BCUT2D eigenvalue weighted by Gasteiger charge is -2.29. The number of rotatable bonds is 6. The van der Waals surface area contributed by atoms with Crippen LogP contribution in [0.4, 0.5) is 17.1 Å². The van der Waals surface area contributed by atoms with Gasteiger partial charge in [0.1, 0.15) is 22.3 Å². The first-order valence-corrected chi connectivity index (χ1v) is 20.7. The summed E-state index contributed by atoms with van der Waals surface area (Å²) in [5, 5.41) is 4.17. The lowest BCUT2D eigenvalue weighted by molar-refractivity contribution is 0.660. The van der Waals surface area contributed by atoms with E-state index >= 15 is 0 Å². The molecular formula is C57H39NO2. The van der Waals surface area contributed by atoms with E-state index in [1.54, 1.807) is 0 Å². The minimum atomic E-state index is -0.155. The Morgan fingerprint density at radius 3 is 1.70 bits per heavy atom. The highest BCUT2D eigenvalue weighted by Crippen LogP contribution is 2.52. The highest BCUT2D eigenvalue weighted by Gasteiger charge is 2.36. The van der Waals surface area contributed by atoms with Crippen molar-refractivity contribution in [2.75, 3.05) is 4.90 Å². The quantitative estimate of drug-likeness (QED) is 0.169. The topological polar surface area (TPSA) is 29.5 Å². The summed E-state index contributed by atoms with van der Waals surface area (Å²) in [6.07, 6.45) is 0. The van der Waals surface area contributed by atoms with Crippen LogP contribution in [0.1, 0.15) is 25.0 Å². The van der Waals surface area contributed by atoms with Crippen molar-refractivity contribution >= 4 is 60.9 Å². The molecule has 0 aliphatic heterocycles. The van der Waals surface area contributed by atoms with Crippen LogP contribution >= 0.6 is 0 Å². The molecule has 2 heterocycles. The summed E-state index contributed by atoms with van der Waals surface area (Å²) in [5.74, 6) is 0. The van der Waals surface area contributed by atoms with Crippen LogP contribution in [0, 0.1) is 0 Å². The fraction of sp³-hybridized carbons (Fsp3) is 0.0526. The van der Waals surface area contributed by atoms with Crippen LogP contribution in [-0.4, -0.2) is 0 Å². The molecule has 0 atom stereocenters. The molecule has 0 amide bonds. The molecule has 1 aliphatic carbocycles. The van der Waals surface area contributed by atoms with Crippen LogP contribution in [-0.2, 0) is 5.41 Å². The summed E-state index contributed by atoms with van der Waals surface area (Å²) in [5.41, 5.74) is 18.7. The van der Waals surface area contributed by atoms with Gasteiger partial charge < -0.3 is 13.7 Å². The van der Waals surface area contributed by atoms with Crippen LogP contribution < -0.4 is 4.90 Å². The fourth-order valence-electron chi connectivity index (χ4n) is 9.64. The molecule has 3 nitrogen and oxygen atoms in total. The molecule has 9 aromatic carbocycles. The number of nitrogens with zero attached hydrogens (tertiary/aromatic N) is 1. The zero-order valence-corrected chi connectivity index (χ0v) is 33.3. The van der Waals surface area contributed by atoms with Crippen LogP contribution in [0.2, 0.25) is 0 Å². The smallest absolute Gasteiger partial charge is 0.137 e. The zero-order chi connectivity index (χ0) is 40.0. The number of fused-ring (bicyclic) bond motifs is 9. The van der Waals surface area contributed by atoms with Gasteiger partial charge in [0.2, 0.25) is 0 Å². The first-order valence-electron chi connectivity index (χ1n) is 20.7. The number of benzene rings is 9. The molecular weight excluding hydrogens is 731 g/mol. The summed E-state index contributed by atoms with van der Waals surface area (Å²) in [7, 11) is 0. The Hall–Kier alpha value is -7.62. The van der Waals surface area contributed by atoms with Crippen molar-refractivity contribution < 1.29 is 8.83 Å². The monoisotopic (exact) mass is 769 g/mol. The van der Waals surface area contributed by atoms with Gasteiger partial charge in [-0.15, -0.1) is 0 Å². The maximum atomic E-state index is 6.78. The van der Waals surface area contributed by atoms with Crippen molar-refractivity contribution in [2.45, 2.75) is 19.3 Å². The second-order valence-electron chi connectivity index (χ2n) is 16.5. The van der Waals surface area contributed by atoms with E-state index in [9.17, 15) is 0 Å². The van der Waals surface area contributed by atoms with Crippen LogP contribution in [0.3, 0.4) is 0 Å². The minimum Gasteiger partial charge on any atom is -0.456 e. The molecule has 3 heteroatoms. The highest BCUT2D eigenvalue weighted by atomic mass is 16.3. The lowest BCUT2D eigenvalue weighted by Crippen LogP contribution is -2.16. The van der Waals surface area contributed by atoms with E-state index in [4.69, 9.17) is 8.83 Å². The number of hydrogen-bond acceptors (Lipinski definition) is 3. The summed E-state index contributed by atoms with van der Waals surface area (Å²) in [4.78, 5) is 2.41. The Morgan fingerprint density at radius 2 is 0.900 bits per heavy atom. The number of hydrogen-bond donors (Lipinski definition) is 0. The largest absolute Gasteiger partial charge is 0.456 e. The minimum absolute atomic E-state index is 0.155. The predicted molar refractivity (Wildman–Crippen MR) is 250 cm³/mol. The first-order chi connectivity index (χ1) is 29.5. The molecule has 0 saturated heterocycles. The second kappa shape index (κ2) is 13.2. The summed E-state index contributed by atoms with van der Waals surface area (Å²) in [6, 6.07) is 71.9. The van der Waals surface area contributed by atoms with E-state index in [1.807, 2.05) is 0 Å². The average molecular weight is 770 g/mol. The normalized spacial score (nSPS) is 13.0. The van der Waals surface area contributed by atoms with E-state index in [0.717, 1.165) is 77.6 Å². The van der Waals surface area contributed by atoms with Crippen molar-refractivity contribution in [3.63, 3.8) is 0 Å². The van der Waals surface area contributed by atoms with Crippen molar-refractivity contribution in [3.8, 4) is 44.5 Å². The Bertz CT molecular complexity index is 3450. The van der Waals surface area contributed by atoms with Crippen molar-refractivity contribution in [1.29, 1.82) is 0 Å². The van der Waals surface area contributed by atoms with Gasteiger partial charge in [-0.1, -0.05) is 153 Å². The van der Waals surface area contributed by atoms with Crippen molar-refractivity contribution in [1.82, 2.24) is 0 Å². The van der Waals surface area contributed by atoms with E-state index < -0.39 is 0 Å². The molecule has 12 rings (SSSR count). The van der Waals surface area contributed by atoms with Crippen LogP contribution in [0.25, 0.3) is 88.4 Å². The molecule has 0 unspecified atom stereocenters. The SMILES string of the molecule is CC1(C)c2ccccc2-c2ccc(N(c3cccc(-c4ccc(-c5ccccc5)cc4)c3)c3cccc4oc5cc6c(cc5c34)oc3ccc(-c4ccccc4)cc36)cc21. The average Bonchev–Trinajstić information content (AvgIpc) is 3.93. The van der Waals surface area contributed by atoms with E-state index in [-0.39, 0.29) is 5.41 Å². The predicted octanol–water partition coefficient (Wildman–Crippen LogP) is 16.3. The Labute approximate surface area is 348 Å². The highest BCUT2D eigenvalue weighted by molar-refractivity contribution is 6.19. The summed E-state index contributed by atoms with van der Waals surface area (Å²) >= 11 is 0. The molecule has 284 valence electrons. The Kier molecular flexibility index (Phi) is 7.58. The molecule has 0 radical (unpaired) electrons. The molecule has 0 fully saturated rings. The van der Waals surface area contributed by atoms with Gasteiger partial charge in [-0.05, 0) is 116 Å². The summed E-state index contributed by atoms with van der Waals surface area (Å²) < 4.78 is 13.4. The van der Waals surface area contributed by atoms with Gasteiger partial charge in [-0.25, -0.2) is 0 Å². The molecule has 0 saturated carbocycles. The van der Waals surface area contributed by atoms with Crippen molar-refractivity contribution in [2.24, 2.45) is 0 Å². The van der Waals surface area contributed by atoms with E-state index in [1.165, 1.54) is 38.9 Å². The summed E-state index contributed by atoms with van der Waals surface area (Å²) in [6.45, 7) is 4.69. The Balaban J connectivity index is 1.05. The third kappa shape index (κ3) is 5.36. The molecule has 0 spiro atoms.